The number of ether oxygens (including phenoxy) is 1. The maximum absolute atomic E-state index is 13.2. The van der Waals surface area contributed by atoms with E-state index < -0.39 is 11.8 Å². The van der Waals surface area contributed by atoms with Gasteiger partial charge in [0, 0.05) is 15.1 Å². The highest BCUT2D eigenvalue weighted by atomic mass is 79.9. The Morgan fingerprint density at radius 3 is 2.68 bits per heavy atom. The fraction of sp³-hybridized carbons (Fsp3) is 0.150. The average molecular weight is 480 g/mol. The summed E-state index contributed by atoms with van der Waals surface area (Å²) in [6.07, 6.45) is 1.47. The molecule has 8 heteroatoms. The number of halogens is 2. The van der Waals surface area contributed by atoms with E-state index in [0.717, 1.165) is 10.0 Å². The number of aryl methyl sites for hydroxylation is 1. The molecule has 5 nitrogen and oxygen atoms in total. The van der Waals surface area contributed by atoms with Gasteiger partial charge in [0.25, 0.3) is 11.8 Å². The molecule has 0 aliphatic carbocycles. The molecule has 2 aromatic rings. The number of nitrogens with one attached hydrogen (secondary N) is 1. The zero-order chi connectivity index (χ0) is 20.4. The van der Waals surface area contributed by atoms with E-state index in [9.17, 15) is 9.59 Å². The SMILES string of the molecule is CCOc1ccc(Cl)cc1/C=C1\C(=O)NC(=S)N(c2ccc(Br)cc2C)C1=O. The van der Waals surface area contributed by atoms with Gasteiger partial charge >= 0.3 is 0 Å². The van der Waals surface area contributed by atoms with E-state index >= 15 is 0 Å². The van der Waals surface area contributed by atoms with E-state index in [4.69, 9.17) is 28.6 Å². The maximum Gasteiger partial charge on any atom is 0.270 e. The summed E-state index contributed by atoms with van der Waals surface area (Å²) in [7, 11) is 0. The first-order valence-corrected chi connectivity index (χ1v) is 9.99. The quantitative estimate of drug-likeness (QED) is 0.394. The highest BCUT2D eigenvalue weighted by Crippen LogP contribution is 2.30. The number of thiocarbonyl (C=S) groups is 1. The molecule has 0 spiro atoms. The van der Waals surface area contributed by atoms with Crippen LogP contribution in [-0.4, -0.2) is 23.5 Å². The highest BCUT2D eigenvalue weighted by molar-refractivity contribution is 9.10. The van der Waals surface area contributed by atoms with Crippen LogP contribution in [0.2, 0.25) is 5.02 Å². The zero-order valence-electron chi connectivity index (χ0n) is 15.1. The van der Waals surface area contributed by atoms with Gasteiger partial charge in [-0.25, -0.2) is 0 Å². The molecule has 0 bridgehead atoms. The Bertz CT molecular complexity index is 1020. The Hall–Kier alpha value is -2.22. The predicted molar refractivity (Wildman–Crippen MR) is 118 cm³/mol. The number of amides is 2. The van der Waals surface area contributed by atoms with E-state index in [-0.39, 0.29) is 10.7 Å². The summed E-state index contributed by atoms with van der Waals surface area (Å²) >= 11 is 14.7. The van der Waals surface area contributed by atoms with Crippen LogP contribution in [0.15, 0.2) is 46.4 Å². The van der Waals surface area contributed by atoms with Gasteiger partial charge in [-0.3, -0.25) is 19.8 Å². The number of carbonyl (C=O) groups is 2. The summed E-state index contributed by atoms with van der Waals surface area (Å²) in [6.45, 7) is 4.15. The highest BCUT2D eigenvalue weighted by Gasteiger charge is 2.35. The minimum absolute atomic E-state index is 0.0358. The Balaban J connectivity index is 2.08. The van der Waals surface area contributed by atoms with Crippen molar-refractivity contribution in [3.63, 3.8) is 0 Å². The largest absolute Gasteiger partial charge is 0.493 e. The van der Waals surface area contributed by atoms with Gasteiger partial charge in [-0.15, -0.1) is 0 Å². The summed E-state index contributed by atoms with van der Waals surface area (Å²) in [5, 5.41) is 3.08. The average Bonchev–Trinajstić information content (AvgIpc) is 2.62. The smallest absolute Gasteiger partial charge is 0.270 e. The van der Waals surface area contributed by atoms with E-state index in [0.29, 0.717) is 28.6 Å². The van der Waals surface area contributed by atoms with E-state index in [1.54, 1.807) is 24.3 Å². The van der Waals surface area contributed by atoms with Crippen LogP contribution in [0.3, 0.4) is 0 Å². The minimum atomic E-state index is -0.566. The van der Waals surface area contributed by atoms with Crippen LogP contribution in [0, 0.1) is 6.92 Å². The molecule has 1 saturated heterocycles. The van der Waals surface area contributed by atoms with Crippen molar-refractivity contribution >= 4 is 68.4 Å². The molecular weight excluding hydrogens is 464 g/mol. The van der Waals surface area contributed by atoms with E-state index in [1.807, 2.05) is 26.0 Å². The lowest BCUT2D eigenvalue weighted by Gasteiger charge is -2.30. The third kappa shape index (κ3) is 4.11. The molecule has 0 atom stereocenters. The van der Waals surface area contributed by atoms with E-state index in [1.165, 1.54) is 11.0 Å². The van der Waals surface area contributed by atoms with Crippen molar-refractivity contribution < 1.29 is 14.3 Å². The van der Waals surface area contributed by atoms with Gasteiger partial charge in [-0.1, -0.05) is 27.5 Å². The molecule has 0 radical (unpaired) electrons. The van der Waals surface area contributed by atoms with Gasteiger partial charge in [0.15, 0.2) is 5.11 Å². The Kier molecular flexibility index (Phi) is 6.17. The van der Waals surface area contributed by atoms with Crippen LogP contribution in [-0.2, 0) is 9.59 Å². The van der Waals surface area contributed by atoms with Gasteiger partial charge in [0.2, 0.25) is 0 Å². The van der Waals surface area contributed by atoms with Gasteiger partial charge in [-0.2, -0.15) is 0 Å². The molecule has 1 fully saturated rings. The first-order chi connectivity index (χ1) is 13.3. The molecule has 1 aliphatic rings. The molecule has 0 unspecified atom stereocenters. The molecule has 2 aromatic carbocycles. The van der Waals surface area contributed by atoms with Crippen LogP contribution < -0.4 is 15.0 Å². The van der Waals surface area contributed by atoms with Crippen molar-refractivity contribution in [3.8, 4) is 5.75 Å². The molecule has 0 aromatic heterocycles. The second kappa shape index (κ2) is 8.43. The lowest BCUT2D eigenvalue weighted by Crippen LogP contribution is -2.54. The lowest BCUT2D eigenvalue weighted by atomic mass is 10.1. The minimum Gasteiger partial charge on any atom is -0.493 e. The van der Waals surface area contributed by atoms with Crippen molar-refractivity contribution in [1.82, 2.24) is 5.32 Å². The number of rotatable bonds is 4. The first kappa shape index (κ1) is 20.5. The first-order valence-electron chi connectivity index (χ1n) is 8.41. The Morgan fingerprint density at radius 1 is 1.25 bits per heavy atom. The number of anilines is 1. The van der Waals surface area contributed by atoms with Crippen molar-refractivity contribution in [2.45, 2.75) is 13.8 Å². The topological polar surface area (TPSA) is 58.6 Å². The summed E-state index contributed by atoms with van der Waals surface area (Å²) in [4.78, 5) is 27.0. The fourth-order valence-electron chi connectivity index (χ4n) is 2.82. The molecule has 2 amide bonds. The third-order valence-corrected chi connectivity index (χ3v) is 5.09. The molecule has 3 rings (SSSR count). The molecule has 28 heavy (non-hydrogen) atoms. The second-order valence-electron chi connectivity index (χ2n) is 6.00. The van der Waals surface area contributed by atoms with Crippen molar-refractivity contribution in [3.05, 3.63) is 62.6 Å². The van der Waals surface area contributed by atoms with Crippen LogP contribution in [0.4, 0.5) is 5.69 Å². The van der Waals surface area contributed by atoms with Gasteiger partial charge < -0.3 is 4.74 Å². The van der Waals surface area contributed by atoms with Crippen LogP contribution in [0.25, 0.3) is 6.08 Å². The molecule has 1 N–H and O–H groups in total. The fourth-order valence-corrected chi connectivity index (χ4v) is 3.75. The maximum atomic E-state index is 13.2. The van der Waals surface area contributed by atoms with Crippen molar-refractivity contribution in [2.24, 2.45) is 0 Å². The normalized spacial score (nSPS) is 15.8. The predicted octanol–water partition coefficient (Wildman–Crippen LogP) is 4.64. The second-order valence-corrected chi connectivity index (χ2v) is 7.74. The molecule has 144 valence electrons. The molecule has 1 aliphatic heterocycles. The number of hydrogen-bond acceptors (Lipinski definition) is 4. The summed E-state index contributed by atoms with van der Waals surface area (Å²) < 4.78 is 6.46. The van der Waals surface area contributed by atoms with Crippen molar-refractivity contribution in [2.75, 3.05) is 11.5 Å². The summed E-state index contributed by atoms with van der Waals surface area (Å²) in [5.41, 5.74) is 1.91. The van der Waals surface area contributed by atoms with E-state index in [2.05, 4.69) is 21.2 Å². The van der Waals surface area contributed by atoms with Gasteiger partial charge in [-0.05, 0) is 74.1 Å². The number of hydrogen-bond donors (Lipinski definition) is 1. The number of benzene rings is 2. The summed E-state index contributed by atoms with van der Waals surface area (Å²) in [5.74, 6) is -0.551. The zero-order valence-corrected chi connectivity index (χ0v) is 18.2. The summed E-state index contributed by atoms with van der Waals surface area (Å²) in [6, 6.07) is 10.5. The third-order valence-electron chi connectivity index (χ3n) is 4.07. The van der Waals surface area contributed by atoms with Gasteiger partial charge in [0.05, 0.1) is 12.3 Å². The van der Waals surface area contributed by atoms with Crippen molar-refractivity contribution in [1.29, 1.82) is 0 Å². The molecule has 0 saturated carbocycles. The van der Waals surface area contributed by atoms with Crippen LogP contribution in [0.1, 0.15) is 18.1 Å². The van der Waals surface area contributed by atoms with Gasteiger partial charge in [0.1, 0.15) is 11.3 Å². The molecule has 1 heterocycles. The van der Waals surface area contributed by atoms with Crippen LogP contribution in [0.5, 0.6) is 5.75 Å². The number of carbonyl (C=O) groups excluding carboxylic acids is 2. The standard InChI is InChI=1S/C20H16BrClN2O3S/c1-3-27-17-7-5-14(22)9-12(17)10-15-18(25)23-20(28)24(19(15)26)16-6-4-13(21)8-11(16)2/h4-10H,3H2,1-2H3,(H,23,25,28)/b15-10+. The molecular formula is C20H16BrClN2O3S. The lowest BCUT2D eigenvalue weighted by molar-refractivity contribution is -0.122. The Morgan fingerprint density at radius 2 is 2.00 bits per heavy atom. The van der Waals surface area contributed by atoms with Crippen LogP contribution >= 0.6 is 39.7 Å². The monoisotopic (exact) mass is 478 g/mol. The Labute approximate surface area is 181 Å². The number of nitrogens with zero attached hydrogens (tertiary/aromatic N) is 1.